The second kappa shape index (κ2) is 9.01. The number of hydrogen-bond acceptors (Lipinski definition) is 2. The maximum atomic E-state index is 13.0. The number of carbonyl (C=O) groups is 2. The third kappa shape index (κ3) is 5.44. The van der Waals surface area contributed by atoms with Crippen LogP contribution in [0.15, 0.2) is 42.5 Å². The molecule has 1 atom stereocenters. The van der Waals surface area contributed by atoms with Crippen molar-refractivity contribution in [1.82, 2.24) is 10.6 Å². The molecule has 2 aromatic rings. The van der Waals surface area contributed by atoms with Crippen LogP contribution in [0.5, 0.6) is 0 Å². The number of hydrogen-bond donors (Lipinski definition) is 2. The highest BCUT2D eigenvalue weighted by molar-refractivity contribution is 6.35. The van der Waals surface area contributed by atoms with Gasteiger partial charge in [0.05, 0.1) is 0 Å². The summed E-state index contributed by atoms with van der Waals surface area (Å²) in [6.07, 6.45) is 0. The van der Waals surface area contributed by atoms with E-state index in [1.54, 1.807) is 18.2 Å². The number of benzene rings is 2. The highest BCUT2D eigenvalue weighted by atomic mass is 35.5. The van der Waals surface area contributed by atoms with Crippen LogP contribution in [-0.2, 0) is 11.3 Å². The summed E-state index contributed by atoms with van der Waals surface area (Å²) in [5, 5.41) is 6.41. The minimum atomic E-state index is -0.737. The molecule has 2 amide bonds. The molecule has 138 valence electrons. The summed E-state index contributed by atoms with van der Waals surface area (Å²) in [5.74, 6) is -1.34. The van der Waals surface area contributed by atoms with E-state index in [4.69, 9.17) is 23.2 Å². The molecular weight excluding hydrogens is 378 g/mol. The fraction of sp³-hybridized carbons (Fsp3) is 0.263. The highest BCUT2D eigenvalue weighted by Gasteiger charge is 2.24. The van der Waals surface area contributed by atoms with E-state index in [0.29, 0.717) is 10.0 Å². The second-order valence-electron chi connectivity index (χ2n) is 6.16. The molecule has 0 spiro atoms. The molecule has 0 aliphatic heterocycles. The zero-order valence-electron chi connectivity index (χ0n) is 14.4. The topological polar surface area (TPSA) is 58.2 Å². The van der Waals surface area contributed by atoms with Crippen LogP contribution >= 0.6 is 23.2 Å². The first kappa shape index (κ1) is 20.2. The first-order valence-electron chi connectivity index (χ1n) is 8.06. The summed E-state index contributed by atoms with van der Waals surface area (Å²) in [6.45, 7) is 3.86. The first-order chi connectivity index (χ1) is 12.3. The molecule has 2 aromatic carbocycles. The van der Waals surface area contributed by atoms with Crippen molar-refractivity contribution < 1.29 is 14.0 Å². The molecule has 0 heterocycles. The van der Waals surface area contributed by atoms with E-state index in [0.717, 1.165) is 5.56 Å². The quantitative estimate of drug-likeness (QED) is 0.768. The lowest BCUT2D eigenvalue weighted by atomic mass is 10.0. The Hall–Kier alpha value is -2.11. The predicted octanol–water partition coefficient (Wildman–Crippen LogP) is 4.20. The minimum absolute atomic E-state index is 0.139. The Morgan fingerprint density at radius 3 is 2.31 bits per heavy atom. The smallest absolute Gasteiger partial charge is 0.251 e. The van der Waals surface area contributed by atoms with Crippen LogP contribution in [0.2, 0.25) is 10.0 Å². The molecule has 0 aliphatic rings. The van der Waals surface area contributed by atoms with Crippen LogP contribution in [0, 0.1) is 11.7 Å². The number of amides is 2. The standard InChI is InChI=1S/C19H19Cl2FN2O2/c1-11(2)17(24-18(25)12-4-7-15(22)8-5-12)19(26)23-10-13-3-6-14(20)9-16(13)21/h3-9,11,17H,10H2,1-2H3,(H,23,26)(H,24,25). The van der Waals surface area contributed by atoms with Gasteiger partial charge in [0.1, 0.15) is 11.9 Å². The molecule has 0 bridgehead atoms. The van der Waals surface area contributed by atoms with E-state index in [9.17, 15) is 14.0 Å². The van der Waals surface area contributed by atoms with Gasteiger partial charge in [-0.15, -0.1) is 0 Å². The van der Waals surface area contributed by atoms with Crippen LogP contribution in [0.1, 0.15) is 29.8 Å². The van der Waals surface area contributed by atoms with Crippen molar-refractivity contribution in [2.75, 3.05) is 0 Å². The average Bonchev–Trinajstić information content (AvgIpc) is 2.58. The molecular formula is C19H19Cl2FN2O2. The molecule has 4 nitrogen and oxygen atoms in total. The normalized spacial score (nSPS) is 11.9. The fourth-order valence-electron chi connectivity index (χ4n) is 2.32. The zero-order chi connectivity index (χ0) is 19.3. The molecule has 0 saturated carbocycles. The maximum Gasteiger partial charge on any atom is 0.251 e. The monoisotopic (exact) mass is 396 g/mol. The summed E-state index contributed by atoms with van der Waals surface area (Å²) in [7, 11) is 0. The number of halogens is 3. The van der Waals surface area contributed by atoms with Crippen LogP contribution < -0.4 is 10.6 Å². The summed E-state index contributed by atoms with van der Waals surface area (Å²) in [4.78, 5) is 24.8. The Kier molecular flexibility index (Phi) is 7.00. The highest BCUT2D eigenvalue weighted by Crippen LogP contribution is 2.20. The van der Waals surface area contributed by atoms with Crippen LogP contribution in [0.25, 0.3) is 0 Å². The maximum absolute atomic E-state index is 13.0. The number of nitrogens with one attached hydrogen (secondary N) is 2. The minimum Gasteiger partial charge on any atom is -0.350 e. The van der Waals surface area contributed by atoms with Crippen LogP contribution in [-0.4, -0.2) is 17.9 Å². The van der Waals surface area contributed by atoms with E-state index < -0.39 is 17.8 Å². The number of rotatable bonds is 6. The molecule has 2 N–H and O–H groups in total. The van der Waals surface area contributed by atoms with Gasteiger partial charge in [0.25, 0.3) is 5.91 Å². The Balaban J connectivity index is 2.02. The summed E-state index contributed by atoms with van der Waals surface area (Å²) in [5.41, 5.74) is 1.00. The Labute approximate surface area is 161 Å². The van der Waals surface area contributed by atoms with E-state index in [1.807, 2.05) is 13.8 Å². The Morgan fingerprint density at radius 2 is 1.73 bits per heavy atom. The van der Waals surface area contributed by atoms with Gasteiger partial charge in [0.15, 0.2) is 0 Å². The summed E-state index contributed by atoms with van der Waals surface area (Å²) < 4.78 is 13.0. The lowest BCUT2D eigenvalue weighted by Crippen LogP contribution is -2.49. The van der Waals surface area contributed by atoms with Crippen molar-refractivity contribution in [2.45, 2.75) is 26.4 Å². The summed E-state index contributed by atoms with van der Waals surface area (Å²) in [6, 6.07) is 9.40. The second-order valence-corrected chi connectivity index (χ2v) is 7.00. The Bertz CT molecular complexity index is 795. The fourth-order valence-corrected chi connectivity index (χ4v) is 2.79. The number of carbonyl (C=O) groups excluding carboxylic acids is 2. The molecule has 26 heavy (non-hydrogen) atoms. The van der Waals surface area contributed by atoms with Gasteiger partial charge in [-0.1, -0.05) is 43.1 Å². The molecule has 7 heteroatoms. The molecule has 2 rings (SSSR count). The van der Waals surface area contributed by atoms with E-state index in [2.05, 4.69) is 10.6 Å². The average molecular weight is 397 g/mol. The molecule has 0 fully saturated rings. The third-order valence-electron chi connectivity index (χ3n) is 3.81. The van der Waals surface area contributed by atoms with Gasteiger partial charge in [-0.3, -0.25) is 9.59 Å². The predicted molar refractivity (Wildman–Crippen MR) is 101 cm³/mol. The Morgan fingerprint density at radius 1 is 1.08 bits per heavy atom. The molecule has 0 saturated heterocycles. The van der Waals surface area contributed by atoms with Crippen molar-refractivity contribution in [3.63, 3.8) is 0 Å². The van der Waals surface area contributed by atoms with Gasteiger partial charge in [-0.25, -0.2) is 4.39 Å². The summed E-state index contributed by atoms with van der Waals surface area (Å²) >= 11 is 12.0. The van der Waals surface area contributed by atoms with Gasteiger partial charge in [-0.2, -0.15) is 0 Å². The molecule has 1 unspecified atom stereocenters. The molecule has 0 aliphatic carbocycles. The van der Waals surface area contributed by atoms with Crippen LogP contribution in [0.3, 0.4) is 0 Å². The van der Waals surface area contributed by atoms with Crippen molar-refractivity contribution in [1.29, 1.82) is 0 Å². The van der Waals surface area contributed by atoms with E-state index in [1.165, 1.54) is 24.3 Å². The lowest BCUT2D eigenvalue weighted by molar-refractivity contribution is -0.124. The van der Waals surface area contributed by atoms with Gasteiger partial charge in [0.2, 0.25) is 5.91 Å². The van der Waals surface area contributed by atoms with Crippen molar-refractivity contribution in [2.24, 2.45) is 5.92 Å². The molecule has 0 aromatic heterocycles. The van der Waals surface area contributed by atoms with Crippen molar-refractivity contribution in [3.8, 4) is 0 Å². The first-order valence-corrected chi connectivity index (χ1v) is 8.81. The van der Waals surface area contributed by atoms with Gasteiger partial charge < -0.3 is 10.6 Å². The largest absolute Gasteiger partial charge is 0.350 e. The van der Waals surface area contributed by atoms with Crippen LogP contribution in [0.4, 0.5) is 4.39 Å². The van der Waals surface area contributed by atoms with Gasteiger partial charge >= 0.3 is 0 Å². The zero-order valence-corrected chi connectivity index (χ0v) is 15.9. The van der Waals surface area contributed by atoms with E-state index >= 15 is 0 Å². The van der Waals surface area contributed by atoms with E-state index in [-0.39, 0.29) is 23.9 Å². The SMILES string of the molecule is CC(C)C(NC(=O)c1ccc(F)cc1)C(=O)NCc1ccc(Cl)cc1Cl. The van der Waals surface area contributed by atoms with Gasteiger partial charge in [0, 0.05) is 22.2 Å². The lowest BCUT2D eigenvalue weighted by Gasteiger charge is -2.22. The van der Waals surface area contributed by atoms with Crippen molar-refractivity contribution in [3.05, 3.63) is 69.5 Å². The van der Waals surface area contributed by atoms with Crippen molar-refractivity contribution >= 4 is 35.0 Å². The molecule has 0 radical (unpaired) electrons. The van der Waals surface area contributed by atoms with Gasteiger partial charge in [-0.05, 0) is 47.9 Å². The third-order valence-corrected chi connectivity index (χ3v) is 4.40.